The molecule has 1 atom stereocenters. The van der Waals surface area contributed by atoms with E-state index in [2.05, 4.69) is 15.9 Å². The second kappa shape index (κ2) is 7.28. The third-order valence-electron chi connectivity index (χ3n) is 4.04. The summed E-state index contributed by atoms with van der Waals surface area (Å²) in [5.41, 5.74) is 0.799. The van der Waals surface area contributed by atoms with Crippen molar-refractivity contribution in [3.8, 4) is 0 Å². The Labute approximate surface area is 153 Å². The zero-order valence-electron chi connectivity index (χ0n) is 13.2. The van der Waals surface area contributed by atoms with Gasteiger partial charge in [-0.3, -0.25) is 4.79 Å². The first-order valence-electron chi connectivity index (χ1n) is 7.78. The largest absolute Gasteiger partial charge is 0.320 e. The van der Waals surface area contributed by atoms with Gasteiger partial charge in [0.15, 0.2) is 0 Å². The van der Waals surface area contributed by atoms with Crippen LogP contribution in [0.2, 0.25) is 0 Å². The number of carbonyl (C=O) groups excluding carboxylic acids is 1. The highest BCUT2D eigenvalue weighted by Crippen LogP contribution is 2.41. The van der Waals surface area contributed by atoms with Gasteiger partial charge in [0.05, 0.1) is 5.92 Å². The maximum absolute atomic E-state index is 15.3. The maximum Gasteiger partial charge on any atom is 0.320 e. The molecule has 1 unspecified atom stereocenters. The Hall–Kier alpha value is -2.33. The van der Waals surface area contributed by atoms with E-state index < -0.39 is 17.6 Å². The van der Waals surface area contributed by atoms with Gasteiger partial charge in [-0.05, 0) is 23.3 Å². The van der Waals surface area contributed by atoms with Gasteiger partial charge in [0.2, 0.25) is 5.78 Å². The van der Waals surface area contributed by atoms with Crippen LogP contribution in [0.25, 0.3) is 0 Å². The number of ketones is 1. The summed E-state index contributed by atoms with van der Waals surface area (Å²) >= 11 is 3.31. The van der Waals surface area contributed by atoms with Crippen molar-refractivity contribution in [1.29, 1.82) is 0 Å². The first-order valence-corrected chi connectivity index (χ1v) is 8.57. The molecule has 0 heterocycles. The number of carbonyl (C=O) groups is 1. The number of alkyl halides is 2. The molecule has 0 radical (unpaired) electrons. The predicted molar refractivity (Wildman–Crippen MR) is 98.1 cm³/mol. The second-order valence-electron chi connectivity index (χ2n) is 5.71. The van der Waals surface area contributed by atoms with E-state index in [0.717, 1.165) is 4.47 Å². The maximum atomic E-state index is 15.3. The molecule has 0 saturated carbocycles. The topological polar surface area (TPSA) is 17.1 Å². The van der Waals surface area contributed by atoms with Crippen molar-refractivity contribution >= 4 is 21.7 Å². The number of halogens is 3. The second-order valence-corrected chi connectivity index (χ2v) is 6.63. The van der Waals surface area contributed by atoms with Crippen molar-refractivity contribution in [3.63, 3.8) is 0 Å². The summed E-state index contributed by atoms with van der Waals surface area (Å²) < 4.78 is 31.3. The summed E-state index contributed by atoms with van der Waals surface area (Å²) in [5, 5.41) is 0. The molecule has 0 aromatic heterocycles. The molecule has 25 heavy (non-hydrogen) atoms. The van der Waals surface area contributed by atoms with Gasteiger partial charge in [-0.1, -0.05) is 88.7 Å². The third kappa shape index (κ3) is 3.69. The van der Waals surface area contributed by atoms with E-state index in [1.54, 1.807) is 72.8 Å². The summed E-state index contributed by atoms with van der Waals surface area (Å²) in [6.45, 7) is 0. The van der Waals surface area contributed by atoms with E-state index in [1.165, 1.54) is 12.1 Å². The lowest BCUT2D eigenvalue weighted by Crippen LogP contribution is -2.36. The normalized spacial score (nSPS) is 12.6. The standard InChI is InChI=1S/C21H15BrF2O/c22-18-13-11-16(12-14-18)19(15-7-3-1-4-8-15)21(23,24)20(25)17-9-5-2-6-10-17/h1-14,19H. The van der Waals surface area contributed by atoms with Crippen molar-refractivity contribution < 1.29 is 13.6 Å². The minimum absolute atomic E-state index is 0.00513. The number of rotatable bonds is 5. The zero-order chi connectivity index (χ0) is 17.9. The smallest absolute Gasteiger partial charge is 0.287 e. The fourth-order valence-electron chi connectivity index (χ4n) is 2.82. The van der Waals surface area contributed by atoms with E-state index in [1.807, 2.05) is 0 Å². The van der Waals surface area contributed by atoms with E-state index in [-0.39, 0.29) is 5.56 Å². The van der Waals surface area contributed by atoms with E-state index >= 15 is 8.78 Å². The molecule has 0 bridgehead atoms. The lowest BCUT2D eigenvalue weighted by atomic mass is 9.82. The Morgan fingerprint density at radius 1 is 0.760 bits per heavy atom. The third-order valence-corrected chi connectivity index (χ3v) is 4.57. The number of hydrogen-bond acceptors (Lipinski definition) is 1. The molecule has 0 aliphatic rings. The van der Waals surface area contributed by atoms with Gasteiger partial charge in [-0.2, -0.15) is 8.78 Å². The Balaban J connectivity index is 2.10. The highest BCUT2D eigenvalue weighted by molar-refractivity contribution is 9.10. The van der Waals surface area contributed by atoms with Gasteiger partial charge in [0, 0.05) is 10.0 Å². The molecule has 3 aromatic carbocycles. The summed E-state index contributed by atoms with van der Waals surface area (Å²) in [5.74, 6) is -6.10. The van der Waals surface area contributed by atoms with Crippen LogP contribution >= 0.6 is 15.9 Å². The van der Waals surface area contributed by atoms with E-state index in [9.17, 15) is 4.79 Å². The average molecular weight is 401 g/mol. The van der Waals surface area contributed by atoms with Crippen LogP contribution in [0.15, 0.2) is 89.4 Å². The minimum Gasteiger partial charge on any atom is -0.287 e. The van der Waals surface area contributed by atoms with Crippen LogP contribution in [0.3, 0.4) is 0 Å². The molecule has 4 heteroatoms. The Kier molecular flexibility index (Phi) is 5.09. The SMILES string of the molecule is O=C(c1ccccc1)C(F)(F)C(c1ccccc1)c1ccc(Br)cc1. The highest BCUT2D eigenvalue weighted by atomic mass is 79.9. The summed E-state index contributed by atoms with van der Waals surface area (Å²) in [4.78, 5) is 12.6. The molecular formula is C21H15BrF2O. The minimum atomic E-state index is -3.57. The number of benzene rings is 3. The Morgan fingerprint density at radius 2 is 1.24 bits per heavy atom. The van der Waals surface area contributed by atoms with Gasteiger partial charge in [-0.25, -0.2) is 0 Å². The van der Waals surface area contributed by atoms with Gasteiger partial charge < -0.3 is 0 Å². The predicted octanol–water partition coefficient (Wildman–Crippen LogP) is 6.10. The fraction of sp³-hybridized carbons (Fsp3) is 0.0952. The lowest BCUT2D eigenvalue weighted by molar-refractivity contribution is -0.000301. The van der Waals surface area contributed by atoms with Crippen molar-refractivity contribution in [2.24, 2.45) is 0 Å². The van der Waals surface area contributed by atoms with Crippen molar-refractivity contribution in [3.05, 3.63) is 106 Å². The molecule has 0 saturated heterocycles. The molecule has 0 spiro atoms. The monoisotopic (exact) mass is 400 g/mol. The molecule has 3 rings (SSSR count). The summed E-state index contributed by atoms with van der Waals surface area (Å²) in [6, 6.07) is 22.7. The van der Waals surface area contributed by atoms with Gasteiger partial charge in [-0.15, -0.1) is 0 Å². The molecule has 126 valence electrons. The van der Waals surface area contributed by atoms with Crippen LogP contribution in [0, 0.1) is 0 Å². The van der Waals surface area contributed by atoms with Crippen molar-refractivity contribution in [2.45, 2.75) is 11.8 Å². The summed E-state index contributed by atoms with van der Waals surface area (Å²) in [6.07, 6.45) is 0. The zero-order valence-corrected chi connectivity index (χ0v) is 14.8. The fourth-order valence-corrected chi connectivity index (χ4v) is 3.09. The van der Waals surface area contributed by atoms with Crippen LogP contribution < -0.4 is 0 Å². The molecule has 0 fully saturated rings. The van der Waals surface area contributed by atoms with Gasteiger partial charge >= 0.3 is 5.92 Å². The molecular weight excluding hydrogens is 386 g/mol. The number of hydrogen-bond donors (Lipinski definition) is 0. The van der Waals surface area contributed by atoms with Crippen LogP contribution in [-0.2, 0) is 0 Å². The molecule has 0 aliphatic heterocycles. The quantitative estimate of drug-likeness (QED) is 0.472. The highest BCUT2D eigenvalue weighted by Gasteiger charge is 2.48. The van der Waals surface area contributed by atoms with Crippen LogP contribution in [0.4, 0.5) is 8.78 Å². The Bertz CT molecular complexity index is 846. The van der Waals surface area contributed by atoms with Crippen LogP contribution in [0.5, 0.6) is 0 Å². The van der Waals surface area contributed by atoms with Crippen LogP contribution in [0.1, 0.15) is 27.4 Å². The molecule has 0 amide bonds. The van der Waals surface area contributed by atoms with Gasteiger partial charge in [0.25, 0.3) is 0 Å². The average Bonchev–Trinajstić information content (AvgIpc) is 2.64. The van der Waals surface area contributed by atoms with Crippen molar-refractivity contribution in [2.75, 3.05) is 0 Å². The summed E-state index contributed by atoms with van der Waals surface area (Å²) in [7, 11) is 0. The molecule has 0 N–H and O–H groups in total. The van der Waals surface area contributed by atoms with E-state index in [0.29, 0.717) is 11.1 Å². The molecule has 3 aromatic rings. The molecule has 1 nitrogen and oxygen atoms in total. The first-order chi connectivity index (χ1) is 12.0. The first kappa shape index (κ1) is 17.5. The molecule has 0 aliphatic carbocycles. The van der Waals surface area contributed by atoms with Gasteiger partial charge in [0.1, 0.15) is 0 Å². The van der Waals surface area contributed by atoms with Crippen LogP contribution in [-0.4, -0.2) is 11.7 Å². The van der Waals surface area contributed by atoms with Crippen molar-refractivity contribution in [1.82, 2.24) is 0 Å². The lowest BCUT2D eigenvalue weighted by Gasteiger charge is -2.27. The number of Topliss-reactive ketones (excluding diaryl/α,β-unsaturated/α-hetero) is 1. The Morgan fingerprint density at radius 3 is 1.80 bits per heavy atom. The van der Waals surface area contributed by atoms with E-state index in [4.69, 9.17) is 0 Å².